The first-order valence-electron chi connectivity index (χ1n) is 7.46. The number of thiazole rings is 1. The predicted octanol–water partition coefficient (Wildman–Crippen LogP) is 3.92. The van der Waals surface area contributed by atoms with Crippen LogP contribution in [0.25, 0.3) is 11.0 Å². The summed E-state index contributed by atoms with van der Waals surface area (Å²) < 4.78 is 5.71. The topological polar surface area (TPSA) is 64.4 Å². The van der Waals surface area contributed by atoms with Crippen molar-refractivity contribution in [2.75, 3.05) is 0 Å². The maximum absolute atomic E-state index is 6.09. The van der Waals surface area contributed by atoms with Crippen LogP contribution in [-0.4, -0.2) is 10.8 Å². The van der Waals surface area contributed by atoms with Crippen molar-refractivity contribution < 1.29 is 4.42 Å². The van der Waals surface area contributed by atoms with Crippen molar-refractivity contribution in [3.8, 4) is 0 Å². The summed E-state index contributed by atoms with van der Waals surface area (Å²) in [5, 5.41) is 1.87. The Labute approximate surface area is 132 Å². The quantitative estimate of drug-likeness (QED) is 0.589. The number of aromatic nitrogens is 1. The van der Waals surface area contributed by atoms with Crippen molar-refractivity contribution in [2.24, 2.45) is 10.7 Å². The third kappa shape index (κ3) is 2.41. The molecule has 0 radical (unpaired) electrons. The summed E-state index contributed by atoms with van der Waals surface area (Å²) in [6.07, 6.45) is 7.77. The van der Waals surface area contributed by atoms with Gasteiger partial charge >= 0.3 is 0 Å². The summed E-state index contributed by atoms with van der Waals surface area (Å²) in [6.45, 7) is 2.01. The lowest BCUT2D eigenvalue weighted by atomic mass is 10.0. The summed E-state index contributed by atoms with van der Waals surface area (Å²) in [5.41, 5.74) is 11.0. The molecule has 0 atom stereocenters. The lowest BCUT2D eigenvalue weighted by molar-refractivity contribution is 0.612. The van der Waals surface area contributed by atoms with Crippen molar-refractivity contribution in [1.29, 1.82) is 0 Å². The van der Waals surface area contributed by atoms with Crippen molar-refractivity contribution >= 4 is 33.3 Å². The maximum Gasteiger partial charge on any atom is 0.210 e. The molecule has 4 nitrogen and oxygen atoms in total. The van der Waals surface area contributed by atoms with Gasteiger partial charge in [-0.1, -0.05) is 0 Å². The molecule has 0 saturated carbocycles. The zero-order chi connectivity index (χ0) is 15.1. The predicted molar refractivity (Wildman–Crippen MR) is 90.1 cm³/mol. The Kier molecular flexibility index (Phi) is 3.22. The van der Waals surface area contributed by atoms with Gasteiger partial charge in [0.1, 0.15) is 11.4 Å². The van der Waals surface area contributed by atoms with E-state index in [1.807, 2.05) is 13.1 Å². The summed E-state index contributed by atoms with van der Waals surface area (Å²) in [7, 11) is 0. The molecule has 1 aliphatic rings. The van der Waals surface area contributed by atoms with Crippen LogP contribution >= 0.6 is 11.3 Å². The molecular weight excluding hydrogens is 294 g/mol. The third-order valence-corrected chi connectivity index (χ3v) is 4.89. The average molecular weight is 311 g/mol. The van der Waals surface area contributed by atoms with E-state index in [1.54, 1.807) is 17.6 Å². The van der Waals surface area contributed by atoms with Crippen LogP contribution in [-0.2, 0) is 19.3 Å². The Morgan fingerprint density at radius 3 is 2.95 bits per heavy atom. The van der Waals surface area contributed by atoms with Gasteiger partial charge in [-0.05, 0) is 49.4 Å². The molecule has 1 aliphatic carbocycles. The molecule has 22 heavy (non-hydrogen) atoms. The van der Waals surface area contributed by atoms with E-state index in [9.17, 15) is 0 Å². The molecule has 2 aromatic heterocycles. The van der Waals surface area contributed by atoms with Crippen molar-refractivity contribution in [3.05, 3.63) is 46.2 Å². The van der Waals surface area contributed by atoms with E-state index in [2.05, 4.69) is 22.1 Å². The number of hydrogen-bond acceptors (Lipinski definition) is 4. The minimum Gasteiger partial charge on any atom is -0.464 e. The maximum atomic E-state index is 6.09. The van der Waals surface area contributed by atoms with Crippen molar-refractivity contribution in [1.82, 2.24) is 4.98 Å². The van der Waals surface area contributed by atoms with Gasteiger partial charge in [0.15, 0.2) is 0 Å². The molecule has 2 heterocycles. The van der Waals surface area contributed by atoms with E-state index in [0.29, 0.717) is 17.4 Å². The van der Waals surface area contributed by atoms with Crippen LogP contribution in [0.4, 0.5) is 5.13 Å². The van der Waals surface area contributed by atoms with Gasteiger partial charge in [-0.3, -0.25) is 0 Å². The standard InChI is InChI=1S/C17H17N3OS/c1-10-8-19-17(22-10)20-16(18)7-13-9-21-15-6-12-4-2-3-11(12)5-14(13)15/h5-6,8-9H,2-4,7H2,1H3,(H2,18,19,20). The van der Waals surface area contributed by atoms with Gasteiger partial charge in [-0.15, -0.1) is 11.3 Å². The number of benzene rings is 1. The van der Waals surface area contributed by atoms with Gasteiger partial charge in [-0.25, -0.2) is 9.98 Å². The number of fused-ring (bicyclic) bond motifs is 2. The van der Waals surface area contributed by atoms with Gasteiger partial charge in [0.05, 0.1) is 6.26 Å². The Morgan fingerprint density at radius 2 is 2.18 bits per heavy atom. The Bertz CT molecular complexity index is 875. The normalized spacial score (nSPS) is 14.7. The van der Waals surface area contributed by atoms with Gasteiger partial charge < -0.3 is 10.2 Å². The van der Waals surface area contributed by atoms with Crippen LogP contribution in [0, 0.1) is 6.92 Å². The Hall–Kier alpha value is -2.14. The number of aryl methyl sites for hydroxylation is 3. The lowest BCUT2D eigenvalue weighted by Gasteiger charge is -2.01. The van der Waals surface area contributed by atoms with E-state index in [-0.39, 0.29) is 0 Å². The minimum absolute atomic E-state index is 0.567. The Morgan fingerprint density at radius 1 is 1.36 bits per heavy atom. The van der Waals surface area contributed by atoms with Gasteiger partial charge in [0.25, 0.3) is 0 Å². The van der Waals surface area contributed by atoms with E-state index in [1.165, 1.54) is 17.5 Å². The molecule has 0 aliphatic heterocycles. The molecular formula is C17H17N3OS. The first-order valence-corrected chi connectivity index (χ1v) is 8.28. The smallest absolute Gasteiger partial charge is 0.210 e. The highest BCUT2D eigenvalue weighted by Gasteiger charge is 2.15. The van der Waals surface area contributed by atoms with E-state index < -0.39 is 0 Å². The monoisotopic (exact) mass is 311 g/mol. The number of nitrogens with two attached hydrogens (primary N) is 1. The molecule has 5 heteroatoms. The molecule has 0 unspecified atom stereocenters. The van der Waals surface area contributed by atoms with Crippen molar-refractivity contribution in [3.63, 3.8) is 0 Å². The number of furan rings is 1. The summed E-state index contributed by atoms with van der Waals surface area (Å²) >= 11 is 1.55. The van der Waals surface area contributed by atoms with E-state index in [0.717, 1.165) is 34.3 Å². The summed E-state index contributed by atoms with van der Waals surface area (Å²) in [4.78, 5) is 9.75. The number of amidine groups is 1. The molecule has 0 amide bonds. The summed E-state index contributed by atoms with van der Waals surface area (Å²) in [5.74, 6) is 0.567. The van der Waals surface area contributed by atoms with Crippen LogP contribution in [0.1, 0.15) is 28.0 Å². The second kappa shape index (κ2) is 5.25. The largest absolute Gasteiger partial charge is 0.464 e. The highest BCUT2D eigenvalue weighted by atomic mass is 32.1. The highest BCUT2D eigenvalue weighted by molar-refractivity contribution is 7.15. The van der Waals surface area contributed by atoms with Crippen LogP contribution in [0.3, 0.4) is 0 Å². The molecule has 4 rings (SSSR count). The van der Waals surface area contributed by atoms with Gasteiger partial charge in [0.2, 0.25) is 5.13 Å². The zero-order valence-corrected chi connectivity index (χ0v) is 13.2. The number of aliphatic imine (C=N–C) groups is 1. The van der Waals surface area contributed by atoms with E-state index >= 15 is 0 Å². The average Bonchev–Trinajstić information content (AvgIpc) is 3.18. The zero-order valence-electron chi connectivity index (χ0n) is 12.4. The first-order chi connectivity index (χ1) is 10.7. The number of rotatable bonds is 3. The molecule has 0 fully saturated rings. The van der Waals surface area contributed by atoms with Gasteiger partial charge in [-0.2, -0.15) is 0 Å². The molecule has 0 bridgehead atoms. The second-order valence-corrected chi connectivity index (χ2v) is 6.98. The number of nitrogens with zero attached hydrogens (tertiary/aromatic N) is 2. The first kappa shape index (κ1) is 13.5. The van der Waals surface area contributed by atoms with Crippen LogP contribution in [0.5, 0.6) is 0 Å². The lowest BCUT2D eigenvalue weighted by Crippen LogP contribution is -2.14. The van der Waals surface area contributed by atoms with Crippen LogP contribution in [0.2, 0.25) is 0 Å². The molecule has 3 aromatic rings. The highest BCUT2D eigenvalue weighted by Crippen LogP contribution is 2.30. The minimum atomic E-state index is 0.567. The van der Waals surface area contributed by atoms with Crippen molar-refractivity contribution in [2.45, 2.75) is 32.6 Å². The van der Waals surface area contributed by atoms with E-state index in [4.69, 9.17) is 10.2 Å². The fraction of sp³-hybridized carbons (Fsp3) is 0.294. The molecule has 0 saturated heterocycles. The van der Waals surface area contributed by atoms with Crippen LogP contribution in [0.15, 0.2) is 34.0 Å². The SMILES string of the molecule is Cc1cnc(N=C(N)Cc2coc3cc4c(cc23)CCC4)s1. The Balaban J connectivity index is 1.65. The third-order valence-electron chi connectivity index (χ3n) is 4.09. The molecule has 2 N–H and O–H groups in total. The fourth-order valence-corrected chi connectivity index (χ4v) is 3.70. The second-order valence-electron chi connectivity index (χ2n) is 5.76. The van der Waals surface area contributed by atoms with Gasteiger partial charge in [0, 0.05) is 28.4 Å². The number of hydrogen-bond donors (Lipinski definition) is 1. The van der Waals surface area contributed by atoms with Crippen LogP contribution < -0.4 is 5.73 Å². The fourth-order valence-electron chi connectivity index (χ4n) is 3.04. The molecule has 0 spiro atoms. The molecule has 112 valence electrons. The molecule has 1 aromatic carbocycles. The summed E-state index contributed by atoms with van der Waals surface area (Å²) in [6, 6.07) is 4.44.